The van der Waals surface area contributed by atoms with Crippen molar-refractivity contribution in [2.45, 2.75) is 37.8 Å². The second-order valence-electron chi connectivity index (χ2n) is 4.62. The number of hydrogen-bond acceptors (Lipinski definition) is 2. The van der Waals surface area contributed by atoms with Gasteiger partial charge < -0.3 is 4.90 Å². The first-order valence-corrected chi connectivity index (χ1v) is 6.90. The Balaban J connectivity index is 1.97. The number of rotatable bonds is 2. The Morgan fingerprint density at radius 3 is 2.80 bits per heavy atom. The molecule has 0 saturated carbocycles. The molecule has 2 saturated heterocycles. The van der Waals surface area contributed by atoms with Crippen molar-refractivity contribution in [1.82, 2.24) is 9.80 Å². The molecule has 0 aromatic rings. The molecule has 2 aliphatic heterocycles. The normalized spacial score (nSPS) is 31.7. The lowest BCUT2D eigenvalue weighted by Gasteiger charge is -2.25. The molecule has 3 nitrogen and oxygen atoms in total. The SMILES string of the molecule is CN1C2CCC1CN(C(=O)CCBr)CC2. The molecule has 86 valence electrons. The molecule has 0 spiro atoms. The maximum absolute atomic E-state index is 11.8. The zero-order chi connectivity index (χ0) is 10.8. The third kappa shape index (κ3) is 2.36. The summed E-state index contributed by atoms with van der Waals surface area (Å²) in [6, 6.07) is 1.33. The number of carbonyl (C=O) groups excluding carboxylic acids is 1. The summed E-state index contributed by atoms with van der Waals surface area (Å²) in [7, 11) is 2.21. The lowest BCUT2D eigenvalue weighted by Crippen LogP contribution is -2.39. The van der Waals surface area contributed by atoms with Crippen molar-refractivity contribution in [2.75, 3.05) is 25.5 Å². The number of likely N-dealkylation sites (tertiary alicyclic amines) is 1. The van der Waals surface area contributed by atoms with Gasteiger partial charge in [0.25, 0.3) is 0 Å². The van der Waals surface area contributed by atoms with Crippen molar-refractivity contribution in [3.05, 3.63) is 0 Å². The van der Waals surface area contributed by atoms with Crippen LogP contribution in [0.2, 0.25) is 0 Å². The van der Waals surface area contributed by atoms with Crippen LogP contribution in [-0.4, -0.2) is 53.3 Å². The molecule has 2 bridgehead atoms. The third-order valence-corrected chi connectivity index (χ3v) is 4.21. The van der Waals surface area contributed by atoms with Gasteiger partial charge in [0.1, 0.15) is 0 Å². The van der Waals surface area contributed by atoms with E-state index in [1.807, 2.05) is 0 Å². The van der Waals surface area contributed by atoms with Crippen molar-refractivity contribution < 1.29 is 4.79 Å². The van der Waals surface area contributed by atoms with E-state index in [4.69, 9.17) is 0 Å². The van der Waals surface area contributed by atoms with Gasteiger partial charge in [-0.25, -0.2) is 0 Å². The Labute approximate surface area is 99.9 Å². The number of likely N-dealkylation sites (N-methyl/N-ethyl adjacent to an activating group) is 1. The van der Waals surface area contributed by atoms with E-state index in [2.05, 4.69) is 32.8 Å². The van der Waals surface area contributed by atoms with Crippen LogP contribution in [0.15, 0.2) is 0 Å². The summed E-state index contributed by atoms with van der Waals surface area (Å²) in [4.78, 5) is 16.3. The summed E-state index contributed by atoms with van der Waals surface area (Å²) < 4.78 is 0. The van der Waals surface area contributed by atoms with Gasteiger partial charge in [0.2, 0.25) is 5.91 Å². The van der Waals surface area contributed by atoms with E-state index in [-0.39, 0.29) is 0 Å². The van der Waals surface area contributed by atoms with Crippen LogP contribution in [0.1, 0.15) is 25.7 Å². The van der Waals surface area contributed by atoms with Crippen LogP contribution in [0, 0.1) is 0 Å². The van der Waals surface area contributed by atoms with Gasteiger partial charge in [-0.15, -0.1) is 0 Å². The second kappa shape index (κ2) is 4.83. The molecule has 0 N–H and O–H groups in total. The van der Waals surface area contributed by atoms with E-state index in [1.165, 1.54) is 12.8 Å². The van der Waals surface area contributed by atoms with Crippen molar-refractivity contribution in [3.63, 3.8) is 0 Å². The van der Waals surface area contributed by atoms with Gasteiger partial charge in [0.15, 0.2) is 0 Å². The molecule has 4 heteroatoms. The molecule has 15 heavy (non-hydrogen) atoms. The van der Waals surface area contributed by atoms with Gasteiger partial charge >= 0.3 is 0 Å². The first-order valence-electron chi connectivity index (χ1n) is 5.78. The molecule has 2 heterocycles. The molecular formula is C11H19BrN2O. The number of fused-ring (bicyclic) bond motifs is 2. The van der Waals surface area contributed by atoms with E-state index < -0.39 is 0 Å². The molecule has 0 aromatic carbocycles. The molecule has 0 radical (unpaired) electrons. The number of carbonyl (C=O) groups is 1. The summed E-state index contributed by atoms with van der Waals surface area (Å²) >= 11 is 3.33. The summed E-state index contributed by atoms with van der Waals surface area (Å²) in [5, 5.41) is 0.784. The van der Waals surface area contributed by atoms with Crippen LogP contribution < -0.4 is 0 Å². The Hall–Kier alpha value is -0.0900. The minimum atomic E-state index is 0.313. The van der Waals surface area contributed by atoms with Crippen molar-refractivity contribution >= 4 is 21.8 Å². The molecule has 2 fully saturated rings. The summed E-state index contributed by atoms with van der Waals surface area (Å²) in [5.74, 6) is 0.313. The van der Waals surface area contributed by atoms with Crippen molar-refractivity contribution in [1.29, 1.82) is 0 Å². The topological polar surface area (TPSA) is 23.6 Å². The van der Waals surface area contributed by atoms with Gasteiger partial charge in [-0.3, -0.25) is 9.69 Å². The van der Waals surface area contributed by atoms with Gasteiger partial charge in [-0.1, -0.05) is 15.9 Å². The summed E-state index contributed by atoms with van der Waals surface area (Å²) in [5.41, 5.74) is 0. The Morgan fingerprint density at radius 1 is 1.33 bits per heavy atom. The highest BCUT2D eigenvalue weighted by Crippen LogP contribution is 2.28. The van der Waals surface area contributed by atoms with Crippen LogP contribution in [0.5, 0.6) is 0 Å². The standard InChI is InChI=1S/C11H19BrN2O/c1-13-9-2-3-10(13)8-14(7-5-9)11(15)4-6-12/h9-10H,2-8H2,1H3. The average Bonchev–Trinajstić information content (AvgIpc) is 2.41. The average molecular weight is 275 g/mol. The number of alkyl halides is 1. The fourth-order valence-electron chi connectivity index (χ4n) is 2.77. The number of nitrogens with zero attached hydrogens (tertiary/aromatic N) is 2. The van der Waals surface area contributed by atoms with E-state index in [9.17, 15) is 4.79 Å². The largest absolute Gasteiger partial charge is 0.341 e. The van der Waals surface area contributed by atoms with Crippen LogP contribution in [0.3, 0.4) is 0 Å². The molecule has 0 aliphatic carbocycles. The van der Waals surface area contributed by atoms with Crippen LogP contribution in [-0.2, 0) is 4.79 Å². The van der Waals surface area contributed by atoms with Gasteiger partial charge in [-0.05, 0) is 26.3 Å². The molecule has 1 amide bonds. The van der Waals surface area contributed by atoms with Gasteiger partial charge in [0, 0.05) is 36.9 Å². The molecule has 2 unspecified atom stereocenters. The monoisotopic (exact) mass is 274 g/mol. The van der Waals surface area contributed by atoms with Crippen molar-refractivity contribution in [2.24, 2.45) is 0 Å². The van der Waals surface area contributed by atoms with E-state index in [0.717, 1.165) is 30.9 Å². The highest BCUT2D eigenvalue weighted by atomic mass is 79.9. The Bertz CT molecular complexity index is 247. The molecule has 0 aromatic heterocycles. The zero-order valence-electron chi connectivity index (χ0n) is 9.29. The highest BCUT2D eigenvalue weighted by Gasteiger charge is 2.35. The Morgan fingerprint density at radius 2 is 2.07 bits per heavy atom. The smallest absolute Gasteiger partial charge is 0.223 e. The molecule has 2 aliphatic rings. The predicted molar refractivity (Wildman–Crippen MR) is 64.2 cm³/mol. The minimum absolute atomic E-state index is 0.313. The Kier molecular flexibility index (Phi) is 3.67. The molecule has 2 rings (SSSR count). The van der Waals surface area contributed by atoms with E-state index in [0.29, 0.717) is 18.4 Å². The zero-order valence-corrected chi connectivity index (χ0v) is 10.9. The second-order valence-corrected chi connectivity index (χ2v) is 5.41. The van der Waals surface area contributed by atoms with E-state index >= 15 is 0 Å². The van der Waals surface area contributed by atoms with Crippen LogP contribution in [0.4, 0.5) is 0 Å². The van der Waals surface area contributed by atoms with Crippen molar-refractivity contribution in [3.8, 4) is 0 Å². The fourth-order valence-corrected chi connectivity index (χ4v) is 3.11. The lowest BCUT2D eigenvalue weighted by atomic mass is 10.1. The number of halogens is 1. The quantitative estimate of drug-likeness (QED) is 0.712. The van der Waals surface area contributed by atoms with Gasteiger partial charge in [0.05, 0.1) is 0 Å². The lowest BCUT2D eigenvalue weighted by molar-refractivity contribution is -0.131. The van der Waals surface area contributed by atoms with Crippen LogP contribution in [0.25, 0.3) is 0 Å². The molecular weight excluding hydrogens is 256 g/mol. The summed E-state index contributed by atoms with van der Waals surface area (Å²) in [6.45, 7) is 1.90. The summed E-state index contributed by atoms with van der Waals surface area (Å²) in [6.07, 6.45) is 4.38. The number of hydrogen-bond donors (Lipinski definition) is 0. The number of amides is 1. The third-order valence-electron chi connectivity index (χ3n) is 3.81. The van der Waals surface area contributed by atoms with Gasteiger partial charge in [-0.2, -0.15) is 0 Å². The maximum Gasteiger partial charge on any atom is 0.223 e. The predicted octanol–water partition coefficient (Wildman–Crippen LogP) is 1.47. The van der Waals surface area contributed by atoms with Crippen LogP contribution >= 0.6 is 15.9 Å². The fraction of sp³-hybridized carbons (Fsp3) is 0.909. The minimum Gasteiger partial charge on any atom is -0.341 e. The van der Waals surface area contributed by atoms with E-state index in [1.54, 1.807) is 0 Å². The first kappa shape index (κ1) is 11.4. The maximum atomic E-state index is 11.8. The first-order chi connectivity index (χ1) is 7.22. The highest BCUT2D eigenvalue weighted by molar-refractivity contribution is 9.09. The molecule has 2 atom stereocenters.